The third-order valence-electron chi connectivity index (χ3n) is 3.16. The zero-order chi connectivity index (χ0) is 13.1. The number of nitrogens with two attached hydrogens (primary N) is 1. The summed E-state index contributed by atoms with van der Waals surface area (Å²) in [6.45, 7) is 0. The normalized spacial score (nSPS) is 12.7. The van der Waals surface area contributed by atoms with Crippen molar-refractivity contribution in [2.75, 3.05) is 0 Å². The molecule has 96 valence electrons. The number of aromatic nitrogens is 4. The smallest absolute Gasteiger partial charge is 0.179 e. The third-order valence-corrected chi connectivity index (χ3v) is 3.16. The fourth-order valence-corrected chi connectivity index (χ4v) is 2.12. The minimum Gasteiger partial charge on any atom is -0.321 e. The van der Waals surface area contributed by atoms with Crippen molar-refractivity contribution in [3.8, 4) is 0 Å². The van der Waals surface area contributed by atoms with Crippen molar-refractivity contribution in [1.29, 1.82) is 0 Å². The molecule has 1 atom stereocenters. The second kappa shape index (κ2) is 5.16. The molecule has 19 heavy (non-hydrogen) atoms. The number of nitrogens with zero attached hydrogens (tertiary/aromatic N) is 4. The van der Waals surface area contributed by atoms with Crippen molar-refractivity contribution in [3.05, 3.63) is 60.3 Å². The Morgan fingerprint density at radius 2 is 2.00 bits per heavy atom. The summed E-state index contributed by atoms with van der Waals surface area (Å²) < 4.78 is 1.89. The van der Waals surface area contributed by atoms with Gasteiger partial charge in [-0.05, 0) is 18.4 Å². The molecule has 5 heteroatoms. The molecular weight excluding hydrogens is 238 g/mol. The summed E-state index contributed by atoms with van der Waals surface area (Å²) in [4.78, 5) is 4.01. The number of hydrogen-bond acceptors (Lipinski definition) is 4. The van der Waals surface area contributed by atoms with E-state index in [0.29, 0.717) is 0 Å². The van der Waals surface area contributed by atoms with Gasteiger partial charge >= 0.3 is 0 Å². The molecule has 2 heterocycles. The summed E-state index contributed by atoms with van der Waals surface area (Å²) in [5.74, 6) is 0.785. The van der Waals surface area contributed by atoms with Gasteiger partial charge in [-0.15, -0.1) is 10.2 Å². The molecule has 0 aliphatic rings. The lowest BCUT2D eigenvalue weighted by atomic mass is 10.1. The highest BCUT2D eigenvalue weighted by Crippen LogP contribution is 2.15. The predicted octanol–water partition coefficient (Wildman–Crippen LogP) is 1.76. The van der Waals surface area contributed by atoms with Crippen LogP contribution >= 0.6 is 0 Å². The summed E-state index contributed by atoms with van der Waals surface area (Å²) in [6, 6.07) is 10.2. The molecule has 1 aromatic carbocycles. The topological polar surface area (TPSA) is 69.1 Å². The number of fused-ring (bicyclic) bond motifs is 1. The number of aryl methyl sites for hydroxylation is 1. The Kier molecular flexibility index (Phi) is 3.20. The van der Waals surface area contributed by atoms with Crippen LogP contribution < -0.4 is 5.73 Å². The maximum absolute atomic E-state index is 6.21. The van der Waals surface area contributed by atoms with E-state index in [-0.39, 0.29) is 6.04 Å². The first-order valence-corrected chi connectivity index (χ1v) is 6.29. The highest BCUT2D eigenvalue weighted by Gasteiger charge is 2.13. The fourth-order valence-electron chi connectivity index (χ4n) is 2.12. The van der Waals surface area contributed by atoms with E-state index in [1.54, 1.807) is 12.4 Å². The minimum absolute atomic E-state index is 0.127. The van der Waals surface area contributed by atoms with Crippen LogP contribution in [0.1, 0.15) is 23.9 Å². The average Bonchev–Trinajstić information content (AvgIpc) is 2.90. The van der Waals surface area contributed by atoms with Gasteiger partial charge in [-0.1, -0.05) is 30.3 Å². The SMILES string of the molecule is NC(CCc1ccccc1)c1nnc2cnccn12. The van der Waals surface area contributed by atoms with Crippen molar-refractivity contribution < 1.29 is 0 Å². The first kappa shape index (κ1) is 11.8. The Bertz CT molecular complexity index is 662. The van der Waals surface area contributed by atoms with Crippen LogP contribution in [0.25, 0.3) is 5.65 Å². The van der Waals surface area contributed by atoms with Crippen LogP contribution in [0, 0.1) is 0 Å². The Morgan fingerprint density at radius 1 is 1.16 bits per heavy atom. The number of hydrogen-bond donors (Lipinski definition) is 1. The van der Waals surface area contributed by atoms with Gasteiger partial charge in [0.25, 0.3) is 0 Å². The third kappa shape index (κ3) is 2.46. The summed E-state index contributed by atoms with van der Waals surface area (Å²) in [5, 5.41) is 8.22. The Balaban J connectivity index is 1.75. The van der Waals surface area contributed by atoms with Crippen LogP contribution in [0.4, 0.5) is 0 Å². The van der Waals surface area contributed by atoms with Crippen molar-refractivity contribution in [3.63, 3.8) is 0 Å². The molecule has 5 nitrogen and oxygen atoms in total. The van der Waals surface area contributed by atoms with Crippen molar-refractivity contribution in [2.45, 2.75) is 18.9 Å². The summed E-state index contributed by atoms with van der Waals surface area (Å²) in [5.41, 5.74) is 8.22. The molecule has 2 aromatic heterocycles. The van der Waals surface area contributed by atoms with Crippen molar-refractivity contribution in [2.24, 2.45) is 5.73 Å². The molecule has 0 aliphatic heterocycles. The zero-order valence-electron chi connectivity index (χ0n) is 10.5. The molecule has 0 saturated carbocycles. The molecule has 0 radical (unpaired) electrons. The Morgan fingerprint density at radius 3 is 2.84 bits per heavy atom. The molecule has 0 fully saturated rings. The van der Waals surface area contributed by atoms with Gasteiger partial charge in [0.15, 0.2) is 11.5 Å². The van der Waals surface area contributed by atoms with E-state index in [9.17, 15) is 0 Å². The van der Waals surface area contributed by atoms with E-state index in [1.165, 1.54) is 5.56 Å². The van der Waals surface area contributed by atoms with Gasteiger partial charge in [0, 0.05) is 12.4 Å². The maximum atomic E-state index is 6.21. The molecule has 3 rings (SSSR count). The lowest BCUT2D eigenvalue weighted by Gasteiger charge is -2.09. The van der Waals surface area contributed by atoms with Gasteiger partial charge in [-0.3, -0.25) is 9.38 Å². The van der Waals surface area contributed by atoms with Gasteiger partial charge in [0.2, 0.25) is 0 Å². The second-order valence-electron chi connectivity index (χ2n) is 4.49. The quantitative estimate of drug-likeness (QED) is 0.769. The molecule has 2 N–H and O–H groups in total. The van der Waals surface area contributed by atoms with Crippen molar-refractivity contribution in [1.82, 2.24) is 19.6 Å². The summed E-state index contributed by atoms with van der Waals surface area (Å²) >= 11 is 0. The van der Waals surface area contributed by atoms with Crippen LogP contribution in [0.3, 0.4) is 0 Å². The highest BCUT2D eigenvalue weighted by atomic mass is 15.3. The summed E-state index contributed by atoms with van der Waals surface area (Å²) in [6.07, 6.45) is 7.01. The van der Waals surface area contributed by atoms with Crippen LogP contribution in [-0.2, 0) is 6.42 Å². The van der Waals surface area contributed by atoms with Gasteiger partial charge < -0.3 is 5.73 Å². The highest BCUT2D eigenvalue weighted by molar-refractivity contribution is 5.34. The van der Waals surface area contributed by atoms with E-state index in [1.807, 2.05) is 28.8 Å². The van der Waals surface area contributed by atoms with E-state index in [2.05, 4.69) is 27.3 Å². The first-order chi connectivity index (χ1) is 9.34. The molecule has 0 aliphatic carbocycles. The standard InChI is InChI=1S/C14H15N5/c15-12(7-6-11-4-2-1-3-5-11)14-18-17-13-10-16-8-9-19(13)14/h1-5,8-10,12H,6-7,15H2. The van der Waals surface area contributed by atoms with E-state index in [4.69, 9.17) is 5.73 Å². The molecule has 0 amide bonds. The van der Waals surface area contributed by atoms with Crippen LogP contribution in [0.5, 0.6) is 0 Å². The van der Waals surface area contributed by atoms with E-state index < -0.39 is 0 Å². The molecular formula is C14H15N5. The molecule has 0 spiro atoms. The van der Waals surface area contributed by atoms with Gasteiger partial charge in [0.1, 0.15) is 0 Å². The van der Waals surface area contributed by atoms with Crippen molar-refractivity contribution >= 4 is 5.65 Å². The van der Waals surface area contributed by atoms with Gasteiger partial charge in [-0.25, -0.2) is 0 Å². The number of rotatable bonds is 4. The fraction of sp³-hybridized carbons (Fsp3) is 0.214. The number of benzene rings is 1. The monoisotopic (exact) mass is 253 g/mol. The lowest BCUT2D eigenvalue weighted by molar-refractivity contribution is 0.605. The lowest BCUT2D eigenvalue weighted by Crippen LogP contribution is -2.15. The zero-order valence-corrected chi connectivity index (χ0v) is 10.5. The second-order valence-corrected chi connectivity index (χ2v) is 4.49. The maximum Gasteiger partial charge on any atom is 0.179 e. The minimum atomic E-state index is -0.127. The Labute approximate surface area is 111 Å². The van der Waals surface area contributed by atoms with Crippen LogP contribution in [0.15, 0.2) is 48.9 Å². The summed E-state index contributed by atoms with van der Waals surface area (Å²) in [7, 11) is 0. The van der Waals surface area contributed by atoms with Gasteiger partial charge in [0.05, 0.1) is 12.2 Å². The van der Waals surface area contributed by atoms with Gasteiger partial charge in [-0.2, -0.15) is 0 Å². The van der Waals surface area contributed by atoms with Crippen LogP contribution in [0.2, 0.25) is 0 Å². The average molecular weight is 253 g/mol. The first-order valence-electron chi connectivity index (χ1n) is 6.29. The largest absolute Gasteiger partial charge is 0.321 e. The van der Waals surface area contributed by atoms with E-state index >= 15 is 0 Å². The van der Waals surface area contributed by atoms with E-state index in [0.717, 1.165) is 24.3 Å². The molecule has 0 bridgehead atoms. The Hall–Kier alpha value is -2.27. The molecule has 0 saturated heterocycles. The predicted molar refractivity (Wildman–Crippen MR) is 72.5 cm³/mol. The molecule has 3 aromatic rings. The molecule has 1 unspecified atom stereocenters. The van der Waals surface area contributed by atoms with Crippen LogP contribution in [-0.4, -0.2) is 19.6 Å².